The maximum atomic E-state index is 12.3. The number of aliphatic hydroxyl groups excluding tert-OH is 1. The van der Waals surface area contributed by atoms with E-state index in [0.717, 1.165) is 12.0 Å². The maximum absolute atomic E-state index is 12.3. The lowest BCUT2D eigenvalue weighted by Crippen LogP contribution is -2.33. The van der Waals surface area contributed by atoms with Crippen LogP contribution in [0.4, 0.5) is 0 Å². The molecule has 2 unspecified atom stereocenters. The number of carbonyl (C=O) groups excluding carboxylic acids is 1. The third-order valence-corrected chi connectivity index (χ3v) is 3.36. The Balaban J connectivity index is 2.60. The minimum atomic E-state index is -0.325. The summed E-state index contributed by atoms with van der Waals surface area (Å²) in [6.07, 6.45) is 1.01. The Hall–Kier alpha value is -1.35. The van der Waals surface area contributed by atoms with Crippen LogP contribution < -0.4 is 5.32 Å². The van der Waals surface area contributed by atoms with Crippen molar-refractivity contribution < 1.29 is 9.90 Å². The van der Waals surface area contributed by atoms with Crippen molar-refractivity contribution in [1.29, 1.82) is 0 Å². The Morgan fingerprint density at radius 1 is 1.26 bits per heavy atom. The molecule has 0 fully saturated rings. The largest absolute Gasteiger partial charge is 0.393 e. The summed E-state index contributed by atoms with van der Waals surface area (Å²) in [6.45, 7) is 6.58. The molecule has 106 valence electrons. The predicted octanol–water partition coefficient (Wildman–Crippen LogP) is 2.70. The molecule has 1 aromatic carbocycles. The number of nitrogens with one attached hydrogen (secondary N) is 1. The molecule has 0 aliphatic carbocycles. The Labute approximate surface area is 116 Å². The molecular weight excluding hydrogens is 238 g/mol. The molecule has 0 radical (unpaired) electrons. The number of rotatable bonds is 7. The summed E-state index contributed by atoms with van der Waals surface area (Å²) in [7, 11) is 0. The summed E-state index contributed by atoms with van der Waals surface area (Å²) in [5, 5.41) is 12.4. The van der Waals surface area contributed by atoms with Gasteiger partial charge in [-0.2, -0.15) is 0 Å². The van der Waals surface area contributed by atoms with Crippen molar-refractivity contribution in [2.45, 2.75) is 45.6 Å². The average Bonchev–Trinajstić information content (AvgIpc) is 2.39. The van der Waals surface area contributed by atoms with Crippen LogP contribution in [-0.4, -0.2) is 23.7 Å². The van der Waals surface area contributed by atoms with Gasteiger partial charge >= 0.3 is 0 Å². The molecule has 3 heteroatoms. The van der Waals surface area contributed by atoms with E-state index in [1.54, 1.807) is 0 Å². The van der Waals surface area contributed by atoms with Crippen LogP contribution in [0.5, 0.6) is 0 Å². The van der Waals surface area contributed by atoms with Gasteiger partial charge in [-0.05, 0) is 24.3 Å². The van der Waals surface area contributed by atoms with Gasteiger partial charge in [0.2, 0.25) is 5.91 Å². The second-order valence-electron chi connectivity index (χ2n) is 5.27. The van der Waals surface area contributed by atoms with E-state index < -0.39 is 0 Å². The van der Waals surface area contributed by atoms with Gasteiger partial charge in [0.15, 0.2) is 0 Å². The molecule has 1 amide bonds. The van der Waals surface area contributed by atoms with Crippen LogP contribution in [0.15, 0.2) is 30.3 Å². The molecular formula is C16H25NO2. The van der Waals surface area contributed by atoms with E-state index >= 15 is 0 Å². The average molecular weight is 263 g/mol. The van der Waals surface area contributed by atoms with Crippen molar-refractivity contribution >= 4 is 5.91 Å². The van der Waals surface area contributed by atoms with E-state index in [4.69, 9.17) is 0 Å². The molecule has 19 heavy (non-hydrogen) atoms. The summed E-state index contributed by atoms with van der Waals surface area (Å²) >= 11 is 0. The summed E-state index contributed by atoms with van der Waals surface area (Å²) < 4.78 is 0. The van der Waals surface area contributed by atoms with Gasteiger partial charge < -0.3 is 10.4 Å². The van der Waals surface area contributed by atoms with E-state index in [9.17, 15) is 9.90 Å². The summed E-state index contributed by atoms with van der Waals surface area (Å²) in [5.41, 5.74) is 1.05. The van der Waals surface area contributed by atoms with Crippen molar-refractivity contribution in [2.75, 3.05) is 6.54 Å². The van der Waals surface area contributed by atoms with Gasteiger partial charge in [-0.1, -0.05) is 51.1 Å². The fourth-order valence-corrected chi connectivity index (χ4v) is 2.18. The molecule has 0 saturated heterocycles. The molecule has 0 aliphatic heterocycles. The summed E-state index contributed by atoms with van der Waals surface area (Å²) in [6, 6.07) is 9.85. The second-order valence-corrected chi connectivity index (χ2v) is 5.27. The number of benzene rings is 1. The van der Waals surface area contributed by atoms with Crippen molar-refractivity contribution in [1.82, 2.24) is 5.32 Å². The quantitative estimate of drug-likeness (QED) is 0.794. The van der Waals surface area contributed by atoms with Gasteiger partial charge in [0.05, 0.1) is 12.0 Å². The Bertz CT molecular complexity index is 376. The molecule has 3 nitrogen and oxygen atoms in total. The second kappa shape index (κ2) is 7.95. The normalized spacial score (nSPS) is 14.2. The molecule has 0 spiro atoms. The Morgan fingerprint density at radius 3 is 2.42 bits per heavy atom. The van der Waals surface area contributed by atoms with E-state index in [-0.39, 0.29) is 23.8 Å². The lowest BCUT2D eigenvalue weighted by atomic mass is 9.87. The smallest absolute Gasteiger partial charge is 0.227 e. The highest BCUT2D eigenvalue weighted by Crippen LogP contribution is 2.24. The number of amides is 1. The predicted molar refractivity (Wildman–Crippen MR) is 77.9 cm³/mol. The first-order valence-electron chi connectivity index (χ1n) is 7.07. The van der Waals surface area contributed by atoms with Gasteiger partial charge in [0.25, 0.3) is 0 Å². The van der Waals surface area contributed by atoms with Gasteiger partial charge in [0.1, 0.15) is 0 Å². The topological polar surface area (TPSA) is 49.3 Å². The van der Waals surface area contributed by atoms with Crippen LogP contribution in [0, 0.1) is 5.92 Å². The SMILES string of the molecule is CCC(O)CCNC(=O)C(c1ccccc1)C(C)C. The Morgan fingerprint density at radius 2 is 1.89 bits per heavy atom. The van der Waals surface area contributed by atoms with Crippen LogP contribution in [-0.2, 0) is 4.79 Å². The van der Waals surface area contributed by atoms with E-state index in [2.05, 4.69) is 19.2 Å². The van der Waals surface area contributed by atoms with Gasteiger partial charge in [-0.15, -0.1) is 0 Å². The lowest BCUT2D eigenvalue weighted by Gasteiger charge is -2.21. The third kappa shape index (κ3) is 5.03. The number of aliphatic hydroxyl groups is 1. The highest BCUT2D eigenvalue weighted by molar-refractivity contribution is 5.83. The highest BCUT2D eigenvalue weighted by atomic mass is 16.3. The standard InChI is InChI=1S/C16H25NO2/c1-4-14(18)10-11-17-16(19)15(12(2)3)13-8-6-5-7-9-13/h5-9,12,14-15,18H,4,10-11H2,1-3H3,(H,17,19). The lowest BCUT2D eigenvalue weighted by molar-refractivity contribution is -0.123. The number of hydrogen-bond donors (Lipinski definition) is 2. The molecule has 0 heterocycles. The molecule has 2 atom stereocenters. The zero-order chi connectivity index (χ0) is 14.3. The van der Waals surface area contributed by atoms with Crippen LogP contribution in [0.1, 0.15) is 45.1 Å². The van der Waals surface area contributed by atoms with Gasteiger partial charge in [-0.25, -0.2) is 0 Å². The van der Waals surface area contributed by atoms with E-state index in [1.807, 2.05) is 37.3 Å². The van der Waals surface area contributed by atoms with Crippen LogP contribution in [0.2, 0.25) is 0 Å². The zero-order valence-electron chi connectivity index (χ0n) is 12.1. The molecule has 2 N–H and O–H groups in total. The highest BCUT2D eigenvalue weighted by Gasteiger charge is 2.23. The van der Waals surface area contributed by atoms with E-state index in [0.29, 0.717) is 13.0 Å². The first-order valence-corrected chi connectivity index (χ1v) is 7.07. The van der Waals surface area contributed by atoms with Gasteiger partial charge in [-0.3, -0.25) is 4.79 Å². The Kier molecular flexibility index (Phi) is 6.57. The zero-order valence-corrected chi connectivity index (χ0v) is 12.1. The molecule has 0 saturated carbocycles. The first-order chi connectivity index (χ1) is 9.06. The third-order valence-electron chi connectivity index (χ3n) is 3.36. The van der Waals surface area contributed by atoms with Gasteiger partial charge in [0, 0.05) is 6.54 Å². The molecule has 0 aromatic heterocycles. The maximum Gasteiger partial charge on any atom is 0.227 e. The monoisotopic (exact) mass is 263 g/mol. The molecule has 1 rings (SSSR count). The van der Waals surface area contributed by atoms with Crippen LogP contribution in [0.25, 0.3) is 0 Å². The van der Waals surface area contributed by atoms with E-state index in [1.165, 1.54) is 0 Å². The fraction of sp³-hybridized carbons (Fsp3) is 0.562. The number of carbonyl (C=O) groups is 1. The fourth-order valence-electron chi connectivity index (χ4n) is 2.18. The summed E-state index contributed by atoms with van der Waals surface area (Å²) in [4.78, 5) is 12.3. The van der Waals surface area contributed by atoms with Crippen molar-refractivity contribution in [3.8, 4) is 0 Å². The van der Waals surface area contributed by atoms with Crippen LogP contribution >= 0.6 is 0 Å². The van der Waals surface area contributed by atoms with Crippen molar-refractivity contribution in [3.63, 3.8) is 0 Å². The molecule has 1 aromatic rings. The first kappa shape index (κ1) is 15.7. The van der Waals surface area contributed by atoms with Crippen molar-refractivity contribution in [3.05, 3.63) is 35.9 Å². The minimum Gasteiger partial charge on any atom is -0.393 e. The minimum absolute atomic E-state index is 0.0458. The number of hydrogen-bond acceptors (Lipinski definition) is 2. The molecule has 0 bridgehead atoms. The summed E-state index contributed by atoms with van der Waals surface area (Å²) in [5.74, 6) is 0.169. The van der Waals surface area contributed by atoms with Crippen LogP contribution in [0.3, 0.4) is 0 Å². The van der Waals surface area contributed by atoms with Crippen molar-refractivity contribution in [2.24, 2.45) is 5.92 Å². The molecule has 0 aliphatic rings.